The minimum absolute atomic E-state index is 0.0762. The second kappa shape index (κ2) is 3.82. The highest BCUT2D eigenvalue weighted by molar-refractivity contribution is 5.72. The summed E-state index contributed by atoms with van der Waals surface area (Å²) in [5, 5.41) is 8.97. The van der Waals surface area contributed by atoms with E-state index in [1.54, 1.807) is 17.0 Å². The molecule has 3 heterocycles. The second-order valence-corrected chi connectivity index (χ2v) is 6.48. The van der Waals surface area contributed by atoms with Crippen molar-refractivity contribution in [1.29, 1.82) is 0 Å². The third-order valence-electron chi connectivity index (χ3n) is 4.41. The Bertz CT molecular complexity index is 601. The van der Waals surface area contributed by atoms with Crippen LogP contribution in [0.5, 0.6) is 0 Å². The Kier molecular flexibility index (Phi) is 2.50. The number of rotatable bonds is 2. The van der Waals surface area contributed by atoms with Crippen molar-refractivity contribution in [3.8, 4) is 0 Å². The van der Waals surface area contributed by atoms with Gasteiger partial charge in [0.25, 0.3) is 0 Å². The third kappa shape index (κ3) is 1.59. The number of hydrogen-bond donors (Lipinski definition) is 1. The minimum atomic E-state index is -0.879. The van der Waals surface area contributed by atoms with Gasteiger partial charge in [-0.2, -0.15) is 0 Å². The molecule has 0 aliphatic carbocycles. The molecule has 2 aliphatic heterocycles. The number of ether oxygens (including phenoxy) is 1. The number of esters is 1. The zero-order chi connectivity index (χ0) is 14.7. The van der Waals surface area contributed by atoms with E-state index in [0.717, 1.165) is 5.82 Å². The van der Waals surface area contributed by atoms with Crippen LogP contribution in [-0.4, -0.2) is 38.2 Å². The van der Waals surface area contributed by atoms with Crippen LogP contribution in [0.2, 0.25) is 0 Å². The monoisotopic (exact) mass is 281 g/mol. The first-order valence-electron chi connectivity index (χ1n) is 6.62. The summed E-state index contributed by atoms with van der Waals surface area (Å²) in [4.78, 5) is 22.7. The second-order valence-electron chi connectivity index (χ2n) is 6.48. The SMILES string of the molecule is CC(C)(C)[N+]12CC(=O)OC1n1cc[n+](CC(=O)O)c1C2. The molecule has 7 heteroatoms. The molecule has 0 saturated carbocycles. The fourth-order valence-corrected chi connectivity index (χ4v) is 3.19. The summed E-state index contributed by atoms with van der Waals surface area (Å²) in [6, 6.07) is 0. The van der Waals surface area contributed by atoms with Crippen molar-refractivity contribution in [1.82, 2.24) is 4.57 Å². The van der Waals surface area contributed by atoms with Crippen LogP contribution in [0.1, 0.15) is 32.9 Å². The highest BCUT2D eigenvalue weighted by Gasteiger charge is 2.65. The summed E-state index contributed by atoms with van der Waals surface area (Å²) in [5.74, 6) is -0.191. The molecule has 2 atom stereocenters. The summed E-state index contributed by atoms with van der Waals surface area (Å²) in [5.41, 5.74) is -0.170. The van der Waals surface area contributed by atoms with Crippen molar-refractivity contribution < 1.29 is 28.5 Å². The lowest BCUT2D eigenvalue weighted by molar-refractivity contribution is -1.01. The van der Waals surface area contributed by atoms with Crippen LogP contribution in [0, 0.1) is 0 Å². The van der Waals surface area contributed by atoms with Gasteiger partial charge in [-0.05, 0) is 20.8 Å². The van der Waals surface area contributed by atoms with E-state index in [2.05, 4.69) is 20.8 Å². The number of aromatic nitrogens is 2. The molecule has 1 aromatic rings. The van der Waals surface area contributed by atoms with Gasteiger partial charge in [0.2, 0.25) is 0 Å². The van der Waals surface area contributed by atoms with Gasteiger partial charge >= 0.3 is 24.1 Å². The lowest BCUT2D eigenvalue weighted by atomic mass is 10.0. The third-order valence-corrected chi connectivity index (χ3v) is 4.41. The molecule has 7 nitrogen and oxygen atoms in total. The molecule has 2 unspecified atom stereocenters. The number of carbonyl (C=O) groups excluding carboxylic acids is 1. The smallest absolute Gasteiger partial charge is 0.391 e. The van der Waals surface area contributed by atoms with Gasteiger partial charge in [-0.25, -0.2) is 18.6 Å². The summed E-state index contributed by atoms with van der Waals surface area (Å²) in [6.07, 6.45) is 3.15. The first-order chi connectivity index (χ1) is 9.24. The van der Waals surface area contributed by atoms with E-state index in [-0.39, 0.29) is 24.4 Å². The van der Waals surface area contributed by atoms with Gasteiger partial charge in [0, 0.05) is 0 Å². The van der Waals surface area contributed by atoms with Crippen LogP contribution in [-0.2, 0) is 27.4 Å². The van der Waals surface area contributed by atoms with Crippen molar-refractivity contribution >= 4 is 11.9 Å². The molecular weight excluding hydrogens is 262 g/mol. The fraction of sp³-hybridized carbons (Fsp3) is 0.615. The van der Waals surface area contributed by atoms with Crippen LogP contribution in [0.15, 0.2) is 12.4 Å². The topological polar surface area (TPSA) is 72.4 Å². The van der Waals surface area contributed by atoms with Crippen LogP contribution >= 0.6 is 0 Å². The summed E-state index contributed by atoms with van der Waals surface area (Å²) >= 11 is 0. The Morgan fingerprint density at radius 3 is 2.85 bits per heavy atom. The number of carboxylic acid groups (broad SMARTS) is 1. The number of aliphatic carboxylic acids is 1. The van der Waals surface area contributed by atoms with Crippen molar-refractivity contribution in [2.45, 2.75) is 45.8 Å². The number of quaternary nitrogens is 1. The zero-order valence-electron chi connectivity index (χ0n) is 11.9. The maximum atomic E-state index is 11.8. The van der Waals surface area contributed by atoms with E-state index in [1.807, 2.05) is 4.57 Å². The van der Waals surface area contributed by atoms with E-state index in [1.165, 1.54) is 0 Å². The molecule has 0 radical (unpaired) electrons. The molecule has 0 spiro atoms. The predicted octanol–water partition coefficient (Wildman–Crippen LogP) is 0.00200. The molecule has 20 heavy (non-hydrogen) atoms. The zero-order valence-corrected chi connectivity index (χ0v) is 11.9. The molecule has 1 aromatic heterocycles. The molecule has 1 N–H and O–H groups in total. The number of carboxylic acids is 1. The molecule has 0 aromatic carbocycles. The molecule has 0 amide bonds. The lowest BCUT2D eigenvalue weighted by Crippen LogP contribution is -2.58. The van der Waals surface area contributed by atoms with Crippen molar-refractivity contribution in [3.05, 3.63) is 18.2 Å². The Morgan fingerprint density at radius 2 is 2.25 bits per heavy atom. The van der Waals surface area contributed by atoms with Crippen LogP contribution < -0.4 is 4.57 Å². The van der Waals surface area contributed by atoms with E-state index >= 15 is 0 Å². The van der Waals surface area contributed by atoms with Gasteiger partial charge in [-0.1, -0.05) is 0 Å². The van der Waals surface area contributed by atoms with Crippen LogP contribution in [0.25, 0.3) is 0 Å². The maximum absolute atomic E-state index is 11.8. The van der Waals surface area contributed by atoms with Crippen molar-refractivity contribution in [2.24, 2.45) is 0 Å². The van der Waals surface area contributed by atoms with Crippen molar-refractivity contribution in [2.75, 3.05) is 6.54 Å². The molecule has 3 rings (SSSR count). The van der Waals surface area contributed by atoms with Crippen LogP contribution in [0.4, 0.5) is 0 Å². The summed E-state index contributed by atoms with van der Waals surface area (Å²) < 4.78 is 9.58. The van der Waals surface area contributed by atoms with Gasteiger partial charge in [0.05, 0.1) is 5.54 Å². The van der Waals surface area contributed by atoms with Crippen LogP contribution in [0.3, 0.4) is 0 Å². The Morgan fingerprint density at radius 1 is 1.55 bits per heavy atom. The standard InChI is InChI=1S/C13H18N3O4/c1-13(2,3)16-7-9-14(6-10(17)18)4-5-15(9)12(16)20-11(19)8-16/h4-5,12H,6-8H2,1-3H3/q+1/p+1. The number of imidazole rings is 1. The van der Waals surface area contributed by atoms with Crippen molar-refractivity contribution in [3.63, 3.8) is 0 Å². The number of fused-ring (bicyclic) bond motifs is 3. The van der Waals surface area contributed by atoms with Gasteiger partial charge in [0.15, 0.2) is 19.6 Å². The van der Waals surface area contributed by atoms with Gasteiger partial charge in [-0.15, -0.1) is 4.57 Å². The molecule has 108 valence electrons. The normalized spacial score (nSPS) is 28.1. The first kappa shape index (κ1) is 13.1. The molecular formula is C13H19N3O4+2. The molecule has 0 bridgehead atoms. The van der Waals surface area contributed by atoms with Gasteiger partial charge < -0.3 is 9.84 Å². The average molecular weight is 281 g/mol. The molecule has 1 fully saturated rings. The van der Waals surface area contributed by atoms with E-state index in [9.17, 15) is 9.59 Å². The van der Waals surface area contributed by atoms with E-state index < -0.39 is 5.97 Å². The summed E-state index contributed by atoms with van der Waals surface area (Å²) in [6.45, 7) is 7.08. The largest absolute Gasteiger partial charge is 0.478 e. The quantitative estimate of drug-likeness (QED) is 0.470. The number of hydrogen-bond acceptors (Lipinski definition) is 3. The van der Waals surface area contributed by atoms with Gasteiger partial charge in [0.1, 0.15) is 12.4 Å². The fourth-order valence-electron chi connectivity index (χ4n) is 3.19. The lowest BCUT2D eigenvalue weighted by Gasteiger charge is -2.40. The van der Waals surface area contributed by atoms with E-state index in [4.69, 9.17) is 9.84 Å². The molecule has 1 saturated heterocycles. The van der Waals surface area contributed by atoms with E-state index in [0.29, 0.717) is 17.6 Å². The number of nitrogens with zero attached hydrogens (tertiary/aromatic N) is 3. The minimum Gasteiger partial charge on any atom is -0.478 e. The Labute approximate surface area is 116 Å². The maximum Gasteiger partial charge on any atom is 0.391 e. The van der Waals surface area contributed by atoms with Gasteiger partial charge in [-0.3, -0.25) is 0 Å². The number of carbonyl (C=O) groups is 2. The predicted molar refractivity (Wildman–Crippen MR) is 66.0 cm³/mol. The summed E-state index contributed by atoms with van der Waals surface area (Å²) in [7, 11) is 0. The average Bonchev–Trinajstić information content (AvgIpc) is 2.87. The highest BCUT2D eigenvalue weighted by atomic mass is 16.6. The first-order valence-corrected chi connectivity index (χ1v) is 6.62. The molecule has 2 aliphatic rings. The highest BCUT2D eigenvalue weighted by Crippen LogP contribution is 2.45. The Balaban J connectivity index is 2.06. The Hall–Kier alpha value is -1.89.